The Morgan fingerprint density at radius 2 is 2.07 bits per heavy atom. The van der Waals surface area contributed by atoms with Gasteiger partial charge in [0.2, 0.25) is 0 Å². The molecule has 2 aliphatic heterocycles. The molecular weight excluding hydrogens is 206 g/mol. The molecule has 0 bridgehead atoms. The van der Waals surface area contributed by atoms with Crippen molar-refractivity contribution in [3.05, 3.63) is 0 Å². The topological polar surface area (TPSA) is 72.5 Å². The molecule has 0 aromatic rings. The first kappa shape index (κ1) is 9.76. The summed E-state index contributed by atoms with van der Waals surface area (Å²) in [5, 5.41) is 2.58. The molecule has 0 aromatic heterocycles. The molecule has 1 atom stereocenters. The molecule has 2 saturated heterocycles. The van der Waals surface area contributed by atoms with E-state index in [0.717, 1.165) is 0 Å². The molecule has 0 saturated carbocycles. The Bertz CT molecular complexity index is 350. The monoisotopic (exact) mass is 219 g/mol. The first-order chi connectivity index (χ1) is 6.52. The molecule has 2 heterocycles. The van der Waals surface area contributed by atoms with Crippen molar-refractivity contribution in [3.8, 4) is 0 Å². The summed E-state index contributed by atoms with van der Waals surface area (Å²) in [7, 11) is -2.92. The van der Waals surface area contributed by atoms with Crippen molar-refractivity contribution in [1.29, 1.82) is 0 Å². The third-order valence-corrected chi connectivity index (χ3v) is 4.56. The molecule has 0 aliphatic carbocycles. The highest BCUT2D eigenvalue weighted by atomic mass is 32.2. The van der Waals surface area contributed by atoms with E-state index in [-0.39, 0.29) is 11.5 Å². The van der Waals surface area contributed by atoms with Crippen LogP contribution in [-0.2, 0) is 14.6 Å². The number of carbonyl (C=O) groups excluding carboxylic acids is 1. The lowest BCUT2D eigenvalue weighted by molar-refractivity contribution is 0.0480. The normalized spacial score (nSPS) is 36.1. The van der Waals surface area contributed by atoms with Gasteiger partial charge in [0.25, 0.3) is 0 Å². The molecule has 1 unspecified atom stereocenters. The zero-order valence-corrected chi connectivity index (χ0v) is 8.60. The molecule has 6 heteroatoms. The highest BCUT2D eigenvalue weighted by Crippen LogP contribution is 2.29. The fourth-order valence-electron chi connectivity index (χ4n) is 1.96. The molecule has 0 radical (unpaired) electrons. The maximum Gasteiger partial charge on any atom is 0.407 e. The van der Waals surface area contributed by atoms with Gasteiger partial charge >= 0.3 is 6.09 Å². The van der Waals surface area contributed by atoms with E-state index < -0.39 is 21.5 Å². The van der Waals surface area contributed by atoms with E-state index in [1.807, 2.05) is 0 Å². The molecule has 2 aliphatic rings. The van der Waals surface area contributed by atoms with E-state index in [1.165, 1.54) is 0 Å². The van der Waals surface area contributed by atoms with E-state index in [0.29, 0.717) is 25.8 Å². The zero-order valence-electron chi connectivity index (χ0n) is 7.78. The summed E-state index contributed by atoms with van der Waals surface area (Å²) < 4.78 is 27.8. The van der Waals surface area contributed by atoms with Crippen molar-refractivity contribution in [2.45, 2.75) is 24.9 Å². The SMILES string of the molecule is O=C1NCC2(CCCS(=O)(=O)CC2)O1. The van der Waals surface area contributed by atoms with Gasteiger partial charge in [0.1, 0.15) is 15.4 Å². The molecule has 1 spiro atoms. The van der Waals surface area contributed by atoms with Crippen LogP contribution in [0.15, 0.2) is 0 Å². The van der Waals surface area contributed by atoms with Gasteiger partial charge in [-0.3, -0.25) is 0 Å². The molecule has 5 nitrogen and oxygen atoms in total. The van der Waals surface area contributed by atoms with Gasteiger partial charge in [0, 0.05) is 6.42 Å². The van der Waals surface area contributed by atoms with Crippen molar-refractivity contribution in [2.24, 2.45) is 0 Å². The van der Waals surface area contributed by atoms with E-state index in [9.17, 15) is 13.2 Å². The van der Waals surface area contributed by atoms with Crippen LogP contribution in [0.2, 0.25) is 0 Å². The maximum atomic E-state index is 11.3. The highest BCUT2D eigenvalue weighted by molar-refractivity contribution is 7.91. The average molecular weight is 219 g/mol. The Labute approximate surface area is 82.7 Å². The summed E-state index contributed by atoms with van der Waals surface area (Å²) in [6, 6.07) is 0. The van der Waals surface area contributed by atoms with Gasteiger partial charge < -0.3 is 10.1 Å². The summed E-state index contributed by atoms with van der Waals surface area (Å²) in [4.78, 5) is 10.9. The molecule has 2 rings (SSSR count). The summed E-state index contributed by atoms with van der Waals surface area (Å²) in [5.41, 5.74) is -0.555. The standard InChI is InChI=1S/C8H13NO4S/c10-7-9-6-8(13-7)2-1-4-14(11,12)5-3-8/h1-6H2,(H,9,10). The smallest absolute Gasteiger partial charge is 0.407 e. The predicted molar refractivity (Wildman–Crippen MR) is 49.7 cm³/mol. The van der Waals surface area contributed by atoms with Crippen molar-refractivity contribution < 1.29 is 17.9 Å². The lowest BCUT2D eigenvalue weighted by Gasteiger charge is -2.23. The Balaban J connectivity index is 2.12. The summed E-state index contributed by atoms with van der Waals surface area (Å²) in [5.74, 6) is 0.342. The van der Waals surface area contributed by atoms with Gasteiger partial charge in [-0.1, -0.05) is 0 Å². The zero-order chi connectivity index (χ0) is 10.2. The van der Waals surface area contributed by atoms with Crippen LogP contribution in [0.5, 0.6) is 0 Å². The second kappa shape index (κ2) is 3.12. The minimum atomic E-state index is -2.92. The number of nitrogens with one attached hydrogen (secondary N) is 1. The van der Waals surface area contributed by atoms with Crippen LogP contribution in [0, 0.1) is 0 Å². The third kappa shape index (κ3) is 1.84. The van der Waals surface area contributed by atoms with Gasteiger partial charge in [-0.05, 0) is 12.8 Å². The Morgan fingerprint density at radius 3 is 2.71 bits per heavy atom. The molecule has 2 fully saturated rings. The van der Waals surface area contributed by atoms with Gasteiger partial charge in [0.15, 0.2) is 0 Å². The van der Waals surface area contributed by atoms with Crippen LogP contribution in [0.25, 0.3) is 0 Å². The molecule has 14 heavy (non-hydrogen) atoms. The van der Waals surface area contributed by atoms with Gasteiger partial charge in [0.05, 0.1) is 18.1 Å². The number of alkyl carbamates (subject to hydrolysis) is 1. The second-order valence-electron chi connectivity index (χ2n) is 3.93. The lowest BCUT2D eigenvalue weighted by Crippen LogP contribution is -2.33. The van der Waals surface area contributed by atoms with E-state index in [4.69, 9.17) is 4.74 Å². The summed E-state index contributed by atoms with van der Waals surface area (Å²) in [6.45, 7) is 0.446. The predicted octanol–water partition coefficient (Wildman–Crippen LogP) is 0.0637. The van der Waals surface area contributed by atoms with Crippen molar-refractivity contribution in [3.63, 3.8) is 0 Å². The molecule has 80 valence electrons. The number of amides is 1. The number of sulfone groups is 1. The molecular formula is C8H13NO4S. The fourth-order valence-corrected chi connectivity index (χ4v) is 3.44. The second-order valence-corrected chi connectivity index (χ2v) is 6.24. The van der Waals surface area contributed by atoms with Crippen molar-refractivity contribution in [1.82, 2.24) is 5.32 Å². The van der Waals surface area contributed by atoms with E-state index >= 15 is 0 Å². The quantitative estimate of drug-likeness (QED) is 0.625. The number of hydrogen-bond acceptors (Lipinski definition) is 4. The maximum absolute atomic E-state index is 11.3. The van der Waals surface area contributed by atoms with Crippen LogP contribution in [0.3, 0.4) is 0 Å². The van der Waals surface area contributed by atoms with Gasteiger partial charge in [-0.2, -0.15) is 0 Å². The number of ether oxygens (including phenoxy) is 1. The van der Waals surface area contributed by atoms with E-state index in [2.05, 4.69) is 5.32 Å². The minimum absolute atomic E-state index is 0.127. The van der Waals surface area contributed by atoms with Crippen LogP contribution in [-0.4, -0.2) is 38.2 Å². The number of rotatable bonds is 0. The van der Waals surface area contributed by atoms with Crippen LogP contribution < -0.4 is 5.32 Å². The highest BCUT2D eigenvalue weighted by Gasteiger charge is 2.42. The van der Waals surface area contributed by atoms with Crippen molar-refractivity contribution in [2.75, 3.05) is 18.1 Å². The first-order valence-electron chi connectivity index (χ1n) is 4.69. The number of hydrogen-bond donors (Lipinski definition) is 1. The largest absolute Gasteiger partial charge is 0.441 e. The molecule has 1 N–H and O–H groups in total. The fraction of sp³-hybridized carbons (Fsp3) is 0.875. The summed E-state index contributed by atoms with van der Waals surface area (Å²) >= 11 is 0. The van der Waals surface area contributed by atoms with Gasteiger partial charge in [-0.15, -0.1) is 0 Å². The van der Waals surface area contributed by atoms with Crippen LogP contribution in [0.1, 0.15) is 19.3 Å². The molecule has 0 aromatic carbocycles. The van der Waals surface area contributed by atoms with Crippen LogP contribution in [0.4, 0.5) is 4.79 Å². The van der Waals surface area contributed by atoms with Crippen molar-refractivity contribution >= 4 is 15.9 Å². The lowest BCUT2D eigenvalue weighted by atomic mass is 9.95. The third-order valence-electron chi connectivity index (χ3n) is 2.82. The molecule has 1 amide bonds. The first-order valence-corrected chi connectivity index (χ1v) is 6.51. The summed E-state index contributed by atoms with van der Waals surface area (Å²) in [6.07, 6.45) is 1.22. The Hall–Kier alpha value is -0.780. The van der Waals surface area contributed by atoms with E-state index in [1.54, 1.807) is 0 Å². The van der Waals surface area contributed by atoms with Crippen LogP contribution >= 0.6 is 0 Å². The minimum Gasteiger partial charge on any atom is -0.441 e. The average Bonchev–Trinajstić information content (AvgIpc) is 2.38. The Morgan fingerprint density at radius 1 is 1.29 bits per heavy atom. The number of carbonyl (C=O) groups is 1. The Kier molecular flexibility index (Phi) is 2.17. The van der Waals surface area contributed by atoms with Gasteiger partial charge in [-0.25, -0.2) is 13.2 Å².